The first-order valence-corrected chi connectivity index (χ1v) is 9.91. The predicted molar refractivity (Wildman–Crippen MR) is 102 cm³/mol. The van der Waals surface area contributed by atoms with Crippen LogP contribution in [0.4, 0.5) is 5.69 Å². The Kier molecular flexibility index (Phi) is 6.66. The highest BCUT2D eigenvalue weighted by molar-refractivity contribution is 5.79. The molecule has 0 bridgehead atoms. The predicted octanol–water partition coefficient (Wildman–Crippen LogP) is 1.37. The van der Waals surface area contributed by atoms with E-state index in [1.807, 2.05) is 0 Å². The molecule has 1 aliphatic heterocycles. The molecule has 1 saturated heterocycles. The Morgan fingerprint density at radius 3 is 2.88 bits per heavy atom. The third-order valence-corrected chi connectivity index (χ3v) is 5.77. The van der Waals surface area contributed by atoms with Gasteiger partial charge in [0.1, 0.15) is 0 Å². The van der Waals surface area contributed by atoms with Crippen molar-refractivity contribution in [2.45, 2.75) is 51.0 Å². The van der Waals surface area contributed by atoms with Crippen LogP contribution in [0.3, 0.4) is 0 Å². The van der Waals surface area contributed by atoms with Gasteiger partial charge in [0.25, 0.3) is 5.56 Å². The molecule has 0 spiro atoms. The van der Waals surface area contributed by atoms with Crippen LogP contribution < -0.4 is 15.8 Å². The average molecular weight is 361 g/mol. The highest BCUT2D eigenvalue weighted by Crippen LogP contribution is 2.22. The number of hydrogen-bond donors (Lipinski definition) is 2. The zero-order valence-corrected chi connectivity index (χ0v) is 15.7. The Labute approximate surface area is 155 Å². The average Bonchev–Trinajstić information content (AvgIpc) is 2.68. The summed E-state index contributed by atoms with van der Waals surface area (Å²) in [5.41, 5.74) is 0.586. The number of carbonyl (C=O) groups is 1. The number of carbonyl (C=O) groups excluding carboxylic acids is 1. The zero-order valence-electron chi connectivity index (χ0n) is 15.7. The molecule has 3 rings (SSSR count). The third kappa shape index (κ3) is 5.06. The summed E-state index contributed by atoms with van der Waals surface area (Å²) in [5, 5.41) is 9.37. The molecule has 0 aromatic carbocycles. The molecule has 1 unspecified atom stereocenters. The van der Waals surface area contributed by atoms with Gasteiger partial charge in [-0.3, -0.25) is 9.59 Å². The Morgan fingerprint density at radius 1 is 1.31 bits per heavy atom. The second-order valence-electron chi connectivity index (χ2n) is 7.65. The van der Waals surface area contributed by atoms with Crippen LogP contribution in [0, 0.1) is 5.92 Å². The van der Waals surface area contributed by atoms with E-state index in [0.717, 1.165) is 31.6 Å². The van der Waals surface area contributed by atoms with Crippen LogP contribution in [0.5, 0.6) is 0 Å². The first-order valence-electron chi connectivity index (χ1n) is 9.91. The molecular weight excluding hydrogens is 330 g/mol. The summed E-state index contributed by atoms with van der Waals surface area (Å²) in [4.78, 5) is 28.5. The lowest BCUT2D eigenvalue weighted by atomic mass is 9.94. The summed E-state index contributed by atoms with van der Waals surface area (Å²) in [7, 11) is 2.17. The van der Waals surface area contributed by atoms with E-state index >= 15 is 0 Å². The Balaban J connectivity index is 1.44. The molecule has 2 fully saturated rings. The van der Waals surface area contributed by atoms with E-state index in [0.29, 0.717) is 19.1 Å². The maximum Gasteiger partial charge on any atom is 0.266 e. The van der Waals surface area contributed by atoms with E-state index < -0.39 is 0 Å². The maximum absolute atomic E-state index is 12.6. The van der Waals surface area contributed by atoms with E-state index in [1.165, 1.54) is 32.1 Å². The molecule has 1 aromatic rings. The van der Waals surface area contributed by atoms with Crippen LogP contribution in [0.2, 0.25) is 0 Å². The van der Waals surface area contributed by atoms with Gasteiger partial charge in [0.05, 0.1) is 17.8 Å². The summed E-state index contributed by atoms with van der Waals surface area (Å²) in [6.07, 6.45) is 10.1. The van der Waals surface area contributed by atoms with Crippen molar-refractivity contribution in [2.24, 2.45) is 5.92 Å². The summed E-state index contributed by atoms with van der Waals surface area (Å²) in [6, 6.07) is 2.22. The summed E-state index contributed by atoms with van der Waals surface area (Å²) < 4.78 is 0. The van der Waals surface area contributed by atoms with Crippen LogP contribution in [0.25, 0.3) is 0 Å². The number of likely N-dealkylation sites (N-methyl/N-ethyl adjacent to an activating group) is 1. The largest absolute Gasteiger partial charge is 0.369 e. The third-order valence-electron chi connectivity index (χ3n) is 5.77. The van der Waals surface area contributed by atoms with Gasteiger partial charge in [-0.25, -0.2) is 5.10 Å². The van der Waals surface area contributed by atoms with Gasteiger partial charge in [-0.15, -0.1) is 0 Å². The van der Waals surface area contributed by atoms with Crippen molar-refractivity contribution in [1.29, 1.82) is 0 Å². The summed E-state index contributed by atoms with van der Waals surface area (Å²) in [5.74, 6) is 0.104. The molecule has 2 N–H and O–H groups in total. The van der Waals surface area contributed by atoms with Gasteiger partial charge in [-0.2, -0.15) is 5.10 Å². The minimum Gasteiger partial charge on any atom is -0.369 e. The number of aromatic amines is 1. The topological polar surface area (TPSA) is 81.3 Å². The van der Waals surface area contributed by atoms with Crippen molar-refractivity contribution in [3.05, 3.63) is 22.6 Å². The molecule has 1 atom stereocenters. The molecule has 7 heteroatoms. The lowest BCUT2D eigenvalue weighted by Gasteiger charge is -2.34. The molecule has 1 aliphatic carbocycles. The lowest BCUT2D eigenvalue weighted by Crippen LogP contribution is -2.45. The van der Waals surface area contributed by atoms with Crippen LogP contribution in [0.15, 0.2) is 17.1 Å². The van der Waals surface area contributed by atoms with Crippen LogP contribution in [0.1, 0.15) is 44.9 Å². The van der Waals surface area contributed by atoms with Gasteiger partial charge in [0, 0.05) is 38.3 Å². The van der Waals surface area contributed by atoms with E-state index in [2.05, 4.69) is 32.4 Å². The standard InChI is InChI=1S/C19H31N5O2/c1-23(16-7-3-2-4-8-16)11-9-20-19(26)15-6-5-10-24(14-15)17-12-18(25)22-21-13-17/h12-13,15-16H,2-11,14H2,1H3,(H,20,26)(H,22,25). The number of H-pyrrole nitrogens is 1. The summed E-state index contributed by atoms with van der Waals surface area (Å²) >= 11 is 0. The Hall–Kier alpha value is -1.89. The van der Waals surface area contributed by atoms with E-state index in [1.54, 1.807) is 12.3 Å². The van der Waals surface area contributed by atoms with Crippen molar-refractivity contribution in [1.82, 2.24) is 20.4 Å². The molecular formula is C19H31N5O2. The first-order chi connectivity index (χ1) is 12.6. The molecule has 0 radical (unpaired) electrons. The minimum atomic E-state index is -0.208. The monoisotopic (exact) mass is 361 g/mol. The van der Waals surface area contributed by atoms with E-state index in [9.17, 15) is 9.59 Å². The van der Waals surface area contributed by atoms with E-state index in [4.69, 9.17) is 0 Å². The van der Waals surface area contributed by atoms with Crippen LogP contribution >= 0.6 is 0 Å². The summed E-state index contributed by atoms with van der Waals surface area (Å²) in [6.45, 7) is 3.12. The lowest BCUT2D eigenvalue weighted by molar-refractivity contribution is -0.125. The number of rotatable bonds is 6. The molecule has 144 valence electrons. The number of hydrogen-bond acceptors (Lipinski definition) is 5. The van der Waals surface area contributed by atoms with Gasteiger partial charge < -0.3 is 15.1 Å². The zero-order chi connectivity index (χ0) is 18.4. The van der Waals surface area contributed by atoms with Gasteiger partial charge in [0.15, 0.2) is 0 Å². The number of piperidine rings is 1. The fourth-order valence-corrected chi connectivity index (χ4v) is 4.17. The first kappa shape index (κ1) is 18.9. The van der Waals surface area contributed by atoms with Gasteiger partial charge in [0.2, 0.25) is 5.91 Å². The molecule has 1 saturated carbocycles. The molecule has 26 heavy (non-hydrogen) atoms. The normalized spacial score (nSPS) is 21.8. The van der Waals surface area contributed by atoms with Crippen molar-refractivity contribution >= 4 is 11.6 Å². The van der Waals surface area contributed by atoms with Gasteiger partial charge in [-0.05, 0) is 32.7 Å². The second-order valence-corrected chi connectivity index (χ2v) is 7.65. The molecule has 2 aliphatic rings. The van der Waals surface area contributed by atoms with E-state index in [-0.39, 0.29) is 17.4 Å². The SMILES string of the molecule is CN(CCNC(=O)C1CCCN(c2cn[nH]c(=O)c2)C1)C1CCCCC1. The van der Waals surface area contributed by atoms with Gasteiger partial charge in [-0.1, -0.05) is 19.3 Å². The van der Waals surface area contributed by atoms with Crippen LogP contribution in [-0.4, -0.2) is 60.3 Å². The van der Waals surface area contributed by atoms with Crippen molar-refractivity contribution < 1.29 is 4.79 Å². The number of nitrogens with zero attached hydrogens (tertiary/aromatic N) is 3. The fraction of sp³-hybridized carbons (Fsp3) is 0.737. The highest BCUT2D eigenvalue weighted by atomic mass is 16.2. The van der Waals surface area contributed by atoms with Crippen molar-refractivity contribution in [3.63, 3.8) is 0 Å². The maximum atomic E-state index is 12.6. The molecule has 1 aromatic heterocycles. The Bertz CT molecular complexity index is 641. The highest BCUT2D eigenvalue weighted by Gasteiger charge is 2.26. The van der Waals surface area contributed by atoms with Crippen molar-refractivity contribution in [3.8, 4) is 0 Å². The number of amides is 1. The molecule has 1 amide bonds. The van der Waals surface area contributed by atoms with Crippen molar-refractivity contribution in [2.75, 3.05) is 38.1 Å². The molecule has 7 nitrogen and oxygen atoms in total. The minimum absolute atomic E-state index is 0.0250. The Morgan fingerprint density at radius 2 is 2.12 bits per heavy atom. The number of nitrogens with one attached hydrogen (secondary N) is 2. The second kappa shape index (κ2) is 9.16. The van der Waals surface area contributed by atoms with Gasteiger partial charge >= 0.3 is 0 Å². The quantitative estimate of drug-likeness (QED) is 0.800. The number of anilines is 1. The fourth-order valence-electron chi connectivity index (χ4n) is 4.17. The smallest absolute Gasteiger partial charge is 0.266 e. The van der Waals surface area contributed by atoms with Crippen LogP contribution in [-0.2, 0) is 4.79 Å². The number of aromatic nitrogens is 2. The molecule has 2 heterocycles.